The van der Waals surface area contributed by atoms with Gasteiger partial charge in [0.25, 0.3) is 0 Å². The molecule has 2 atom stereocenters. The first-order chi connectivity index (χ1) is 18.0. The zero-order valence-electron chi connectivity index (χ0n) is 21.0. The van der Waals surface area contributed by atoms with Gasteiger partial charge >= 0.3 is 0 Å². The molecule has 2 aliphatic heterocycles. The average Bonchev–Trinajstić information content (AvgIpc) is 3.58. The molecule has 0 bridgehead atoms. The molecule has 2 fully saturated rings. The molecule has 2 aromatic carbocycles. The van der Waals surface area contributed by atoms with Crippen LogP contribution in [0.2, 0.25) is 5.02 Å². The van der Waals surface area contributed by atoms with Crippen molar-refractivity contribution in [1.29, 1.82) is 0 Å². The van der Waals surface area contributed by atoms with E-state index in [4.69, 9.17) is 30.7 Å². The maximum absolute atomic E-state index is 13.2. The molecule has 2 aromatic heterocycles. The molecule has 0 radical (unpaired) electrons. The van der Waals surface area contributed by atoms with Crippen molar-refractivity contribution < 1.29 is 18.9 Å². The summed E-state index contributed by atoms with van der Waals surface area (Å²) in [6.07, 6.45) is 1.94. The van der Waals surface area contributed by atoms with E-state index in [1.807, 2.05) is 24.8 Å². The minimum atomic E-state index is -0.227. The maximum Gasteiger partial charge on any atom is 0.227 e. The van der Waals surface area contributed by atoms with Gasteiger partial charge in [0, 0.05) is 24.2 Å². The number of carbonyl (C=O) groups excluding carboxylic acids is 1. The smallest absolute Gasteiger partial charge is 0.227 e. The Morgan fingerprint density at radius 3 is 2.73 bits per heavy atom. The molecule has 1 N–H and O–H groups in total. The van der Waals surface area contributed by atoms with Crippen LogP contribution in [0.4, 0.5) is 5.69 Å². The molecule has 2 aliphatic rings. The third kappa shape index (κ3) is 4.07. The van der Waals surface area contributed by atoms with Crippen molar-refractivity contribution in [2.75, 3.05) is 25.2 Å². The van der Waals surface area contributed by atoms with Crippen molar-refractivity contribution in [2.24, 2.45) is 0 Å². The first kappa shape index (κ1) is 24.0. The molecule has 37 heavy (non-hydrogen) atoms. The van der Waals surface area contributed by atoms with Crippen LogP contribution < -0.4 is 15.1 Å². The van der Waals surface area contributed by atoms with Crippen molar-refractivity contribution in [1.82, 2.24) is 20.2 Å². The molecular formula is C27H28ClN5O4. The lowest BCUT2D eigenvalue weighted by Crippen LogP contribution is -2.35. The maximum atomic E-state index is 13.2. The monoisotopic (exact) mass is 521 g/mol. The number of anilines is 1. The number of methoxy groups -OCH3 is 1. The molecule has 4 heterocycles. The van der Waals surface area contributed by atoms with Gasteiger partial charge in [0.1, 0.15) is 17.3 Å². The van der Waals surface area contributed by atoms with Gasteiger partial charge in [-0.1, -0.05) is 22.8 Å². The van der Waals surface area contributed by atoms with Crippen LogP contribution in [0, 0.1) is 13.8 Å². The van der Waals surface area contributed by atoms with E-state index in [0.717, 1.165) is 51.5 Å². The molecular weight excluding hydrogens is 494 g/mol. The van der Waals surface area contributed by atoms with Crippen molar-refractivity contribution in [3.63, 3.8) is 0 Å². The number of hydrogen-bond donors (Lipinski definition) is 1. The fourth-order valence-electron chi connectivity index (χ4n) is 5.59. The van der Waals surface area contributed by atoms with E-state index in [2.05, 4.69) is 33.4 Å². The Bertz CT molecular complexity index is 1470. The number of amides is 1. The van der Waals surface area contributed by atoms with Gasteiger partial charge in [0.05, 0.1) is 47.6 Å². The van der Waals surface area contributed by atoms with Crippen molar-refractivity contribution in [2.45, 2.75) is 45.2 Å². The summed E-state index contributed by atoms with van der Waals surface area (Å²) >= 11 is 6.44. The lowest BCUT2D eigenvalue weighted by Gasteiger charge is -2.30. The number of hydrogen-bond acceptors (Lipinski definition) is 7. The number of rotatable bonds is 5. The van der Waals surface area contributed by atoms with Crippen molar-refractivity contribution >= 4 is 34.2 Å². The van der Waals surface area contributed by atoms with Crippen LogP contribution in [0.15, 0.2) is 40.9 Å². The van der Waals surface area contributed by atoms with Crippen LogP contribution in [-0.2, 0) is 9.63 Å². The first-order valence-electron chi connectivity index (χ1n) is 12.4. The minimum Gasteiger partial charge on any atom is -0.495 e. The van der Waals surface area contributed by atoms with Crippen molar-refractivity contribution in [3.05, 3.63) is 58.7 Å². The Balaban J connectivity index is 1.49. The van der Waals surface area contributed by atoms with E-state index in [1.54, 1.807) is 19.2 Å². The first-order valence-corrected chi connectivity index (χ1v) is 12.8. The number of nitrogens with zero attached hydrogens (tertiary/aromatic N) is 4. The van der Waals surface area contributed by atoms with E-state index in [9.17, 15) is 4.79 Å². The number of carbonyl (C=O) groups is 1. The van der Waals surface area contributed by atoms with Gasteiger partial charge in [-0.05, 0) is 62.6 Å². The number of imidazole rings is 1. The fraction of sp³-hybridized carbons (Fsp3) is 0.370. The summed E-state index contributed by atoms with van der Waals surface area (Å²) in [4.78, 5) is 25.6. The van der Waals surface area contributed by atoms with E-state index in [1.165, 1.54) is 0 Å². The molecule has 0 aliphatic carbocycles. The molecule has 1 unspecified atom stereocenters. The molecule has 4 aromatic rings. The standard InChI is InChI=1S/C27H28ClN5O4/c1-15-26(16(2)37-31-15)17-4-6-22-21(12-17)30-27(33(22)19-10-11-36-29-14-19)23-7-9-25(34)32(23)18-5-8-24(35-3)20(28)13-18/h4-6,8,12-13,19,23,29H,7,9-11,14H2,1-3H3/t19?,23-/m0/s1. The van der Waals surface area contributed by atoms with Gasteiger partial charge in [-0.3, -0.25) is 4.79 Å². The number of benzene rings is 2. The summed E-state index contributed by atoms with van der Waals surface area (Å²) in [6, 6.07) is 11.6. The molecule has 192 valence electrons. The summed E-state index contributed by atoms with van der Waals surface area (Å²) in [5.41, 5.74) is 8.50. The Morgan fingerprint density at radius 2 is 2.03 bits per heavy atom. The highest BCUT2D eigenvalue weighted by atomic mass is 35.5. The summed E-state index contributed by atoms with van der Waals surface area (Å²) in [6.45, 7) is 5.11. The Kier molecular flexibility index (Phi) is 6.14. The topological polar surface area (TPSA) is 94.7 Å². The highest BCUT2D eigenvalue weighted by Crippen LogP contribution is 2.42. The molecule has 10 heteroatoms. The molecule has 1 amide bonds. The number of aromatic nitrogens is 3. The fourth-order valence-corrected chi connectivity index (χ4v) is 5.84. The number of fused-ring (bicyclic) bond motifs is 1. The average molecular weight is 522 g/mol. The second-order valence-corrected chi connectivity index (χ2v) is 9.93. The van der Waals surface area contributed by atoms with Gasteiger partial charge in [0.15, 0.2) is 0 Å². The third-order valence-electron chi connectivity index (χ3n) is 7.30. The number of nitrogens with one attached hydrogen (secondary N) is 1. The lowest BCUT2D eigenvalue weighted by molar-refractivity contribution is -0.117. The summed E-state index contributed by atoms with van der Waals surface area (Å²) in [5.74, 6) is 2.25. The second kappa shape index (κ2) is 9.48. The summed E-state index contributed by atoms with van der Waals surface area (Å²) in [7, 11) is 1.58. The minimum absolute atomic E-state index is 0.0475. The molecule has 6 rings (SSSR count). The van der Waals surface area contributed by atoms with Gasteiger partial charge in [-0.25, -0.2) is 10.5 Å². The molecule has 0 spiro atoms. The SMILES string of the molecule is COc1ccc(N2C(=O)CC[C@H]2c2nc3cc(-c4c(C)noc4C)ccc3n2C2CCONC2)cc1Cl. The zero-order chi connectivity index (χ0) is 25.7. The summed E-state index contributed by atoms with van der Waals surface area (Å²) in [5, 5.41) is 4.58. The quantitative estimate of drug-likeness (QED) is 0.380. The Labute approximate surface area is 219 Å². The van der Waals surface area contributed by atoms with Gasteiger partial charge in [-0.15, -0.1) is 0 Å². The largest absolute Gasteiger partial charge is 0.495 e. The number of aryl methyl sites for hydroxylation is 2. The van der Waals surface area contributed by atoms with Gasteiger partial charge in [0.2, 0.25) is 5.91 Å². The van der Waals surface area contributed by atoms with Crippen LogP contribution in [0.3, 0.4) is 0 Å². The zero-order valence-corrected chi connectivity index (χ0v) is 21.7. The number of ether oxygens (including phenoxy) is 1. The predicted octanol–water partition coefficient (Wildman–Crippen LogP) is 5.30. The lowest BCUT2D eigenvalue weighted by atomic mass is 10.0. The number of hydroxylamine groups is 1. The van der Waals surface area contributed by atoms with Gasteiger partial charge in [-0.2, -0.15) is 0 Å². The van der Waals surface area contributed by atoms with E-state index >= 15 is 0 Å². The van der Waals surface area contributed by atoms with E-state index < -0.39 is 0 Å². The van der Waals surface area contributed by atoms with Crippen LogP contribution in [0.25, 0.3) is 22.2 Å². The normalized spacial score (nSPS) is 20.2. The van der Waals surface area contributed by atoms with Crippen LogP contribution in [0.5, 0.6) is 5.75 Å². The highest BCUT2D eigenvalue weighted by molar-refractivity contribution is 6.32. The highest BCUT2D eigenvalue weighted by Gasteiger charge is 2.38. The predicted molar refractivity (Wildman–Crippen MR) is 140 cm³/mol. The van der Waals surface area contributed by atoms with E-state index in [-0.39, 0.29) is 18.0 Å². The van der Waals surface area contributed by atoms with Gasteiger partial charge < -0.3 is 23.6 Å². The Morgan fingerprint density at radius 1 is 1.16 bits per heavy atom. The molecule has 2 saturated heterocycles. The Hall–Kier alpha value is -3.40. The molecule has 9 nitrogen and oxygen atoms in total. The van der Waals surface area contributed by atoms with Crippen LogP contribution in [-0.4, -0.2) is 40.9 Å². The third-order valence-corrected chi connectivity index (χ3v) is 7.60. The molecule has 0 saturated carbocycles. The summed E-state index contributed by atoms with van der Waals surface area (Å²) < 4.78 is 13.0. The van der Waals surface area contributed by atoms with Crippen molar-refractivity contribution in [3.8, 4) is 16.9 Å². The number of halogens is 1. The van der Waals surface area contributed by atoms with Crippen LogP contribution in [0.1, 0.15) is 48.6 Å². The second-order valence-electron chi connectivity index (χ2n) is 9.52. The van der Waals surface area contributed by atoms with Crippen LogP contribution >= 0.6 is 11.6 Å². The van der Waals surface area contributed by atoms with E-state index in [0.29, 0.717) is 36.8 Å².